The average molecular weight is 518 g/mol. The van der Waals surface area contributed by atoms with E-state index in [1.807, 2.05) is 0 Å². The van der Waals surface area contributed by atoms with Crippen molar-refractivity contribution >= 4 is 21.5 Å². The Bertz CT molecular complexity index is 1660. The number of rotatable bonds is 3. The van der Waals surface area contributed by atoms with Crippen LogP contribution in [0.2, 0.25) is 0 Å². The van der Waals surface area contributed by atoms with E-state index in [1.165, 1.54) is 19.2 Å². The first-order valence-electron chi connectivity index (χ1n) is 10.8. The Hall–Kier alpha value is -4.14. The summed E-state index contributed by atoms with van der Waals surface area (Å²) in [4.78, 5) is 0. The van der Waals surface area contributed by atoms with Gasteiger partial charge in [0, 0.05) is 5.56 Å². The summed E-state index contributed by atoms with van der Waals surface area (Å²) < 4.78 is 119. The fraction of sp³-hybridized carbons (Fsp3) is 0.0714. The van der Waals surface area contributed by atoms with Crippen molar-refractivity contribution in [2.75, 3.05) is 7.11 Å². The highest BCUT2D eigenvalue weighted by Gasteiger charge is 2.43. The number of hydrogen-bond acceptors (Lipinski definition) is 1. The molecule has 0 saturated carbocycles. The number of methoxy groups -OCH3 is 1. The second kappa shape index (κ2) is 8.76. The summed E-state index contributed by atoms with van der Waals surface area (Å²) in [5.41, 5.74) is -3.41. The summed E-state index contributed by atoms with van der Waals surface area (Å²) in [5.74, 6) is -9.74. The molecule has 0 atom stereocenters. The monoisotopic (exact) mass is 518 g/mol. The molecule has 0 fully saturated rings. The fourth-order valence-corrected chi connectivity index (χ4v) is 4.59. The molecule has 0 N–H and O–H groups in total. The predicted octanol–water partition coefficient (Wildman–Crippen LogP) is 9.05. The van der Waals surface area contributed by atoms with Gasteiger partial charge in [0.2, 0.25) is 0 Å². The van der Waals surface area contributed by atoms with Gasteiger partial charge in [-0.3, -0.25) is 0 Å². The number of benzene rings is 5. The maximum atomic E-state index is 15.2. The molecule has 0 saturated heterocycles. The van der Waals surface area contributed by atoms with Gasteiger partial charge in [0.1, 0.15) is 17.1 Å². The minimum absolute atomic E-state index is 0.0257. The highest BCUT2D eigenvalue weighted by atomic mass is 19.4. The lowest BCUT2D eigenvalue weighted by Crippen LogP contribution is -2.16. The van der Waals surface area contributed by atoms with Crippen LogP contribution in [-0.2, 0) is 6.18 Å². The summed E-state index contributed by atoms with van der Waals surface area (Å²) in [5, 5.41) is 0.504. The molecule has 1 nitrogen and oxygen atoms in total. The van der Waals surface area contributed by atoms with Crippen LogP contribution in [-0.4, -0.2) is 7.11 Å². The lowest BCUT2D eigenvalue weighted by atomic mass is 9.85. The van der Waals surface area contributed by atoms with Gasteiger partial charge < -0.3 is 4.74 Å². The molecular formula is C28H14F8O. The van der Waals surface area contributed by atoms with Crippen LogP contribution < -0.4 is 4.74 Å². The first-order chi connectivity index (χ1) is 17.5. The van der Waals surface area contributed by atoms with Crippen LogP contribution in [0.15, 0.2) is 66.7 Å². The smallest absolute Gasteiger partial charge is 0.422 e. The second-order valence-corrected chi connectivity index (χ2v) is 8.22. The van der Waals surface area contributed by atoms with Crippen LogP contribution in [0.1, 0.15) is 5.56 Å². The van der Waals surface area contributed by atoms with Gasteiger partial charge in [-0.25, -0.2) is 22.0 Å². The minimum atomic E-state index is -5.68. The summed E-state index contributed by atoms with van der Waals surface area (Å²) in [7, 11) is 1.47. The van der Waals surface area contributed by atoms with E-state index in [2.05, 4.69) is 0 Å². The largest absolute Gasteiger partial charge is 0.497 e. The molecule has 0 radical (unpaired) electrons. The molecule has 0 heterocycles. The van der Waals surface area contributed by atoms with Crippen molar-refractivity contribution in [2.45, 2.75) is 6.18 Å². The Labute approximate surface area is 204 Å². The summed E-state index contributed by atoms with van der Waals surface area (Å²) in [6, 6.07) is 15.9. The Morgan fingerprint density at radius 3 is 1.65 bits per heavy atom. The van der Waals surface area contributed by atoms with Gasteiger partial charge >= 0.3 is 6.18 Å². The Balaban J connectivity index is 1.98. The summed E-state index contributed by atoms with van der Waals surface area (Å²) in [6.07, 6.45) is -5.68. The number of ether oxygens (including phenoxy) is 1. The van der Waals surface area contributed by atoms with Crippen LogP contribution in [0, 0.1) is 29.1 Å². The Kier molecular flexibility index (Phi) is 5.81. The van der Waals surface area contributed by atoms with Crippen molar-refractivity contribution < 1.29 is 39.9 Å². The van der Waals surface area contributed by atoms with Gasteiger partial charge in [-0.2, -0.15) is 13.2 Å². The molecular weight excluding hydrogens is 504 g/mol. The number of fused-ring (bicyclic) bond motifs is 2. The summed E-state index contributed by atoms with van der Waals surface area (Å²) >= 11 is 0. The van der Waals surface area contributed by atoms with Crippen LogP contribution in [0.25, 0.3) is 43.8 Å². The molecule has 9 heteroatoms. The molecule has 188 valence electrons. The second-order valence-electron chi connectivity index (χ2n) is 8.22. The molecule has 0 bridgehead atoms. The van der Waals surface area contributed by atoms with Crippen molar-refractivity contribution in [3.05, 3.63) is 101 Å². The molecule has 5 aromatic rings. The van der Waals surface area contributed by atoms with Crippen LogP contribution in [0.3, 0.4) is 0 Å². The topological polar surface area (TPSA) is 9.23 Å². The zero-order valence-corrected chi connectivity index (χ0v) is 18.8. The number of halogens is 8. The maximum absolute atomic E-state index is 15.2. The first-order valence-corrected chi connectivity index (χ1v) is 10.8. The number of alkyl halides is 3. The normalized spacial score (nSPS) is 11.9. The van der Waals surface area contributed by atoms with Crippen molar-refractivity contribution in [2.24, 2.45) is 0 Å². The fourth-order valence-electron chi connectivity index (χ4n) is 4.59. The maximum Gasteiger partial charge on any atom is 0.422 e. The zero-order chi connectivity index (χ0) is 26.6. The van der Waals surface area contributed by atoms with Gasteiger partial charge in [-0.1, -0.05) is 42.5 Å². The van der Waals surface area contributed by atoms with Gasteiger partial charge in [0.25, 0.3) is 0 Å². The van der Waals surface area contributed by atoms with E-state index in [9.17, 15) is 26.3 Å². The van der Waals surface area contributed by atoms with E-state index in [-0.39, 0.29) is 16.2 Å². The van der Waals surface area contributed by atoms with E-state index in [1.54, 1.807) is 36.4 Å². The van der Waals surface area contributed by atoms with Crippen molar-refractivity contribution in [3.8, 4) is 28.0 Å². The molecule has 0 spiro atoms. The van der Waals surface area contributed by atoms with Gasteiger partial charge in [0.05, 0.1) is 12.7 Å². The molecule has 37 heavy (non-hydrogen) atoms. The first kappa shape index (κ1) is 24.5. The van der Waals surface area contributed by atoms with Crippen molar-refractivity contribution in [1.82, 2.24) is 0 Å². The Morgan fingerprint density at radius 2 is 1.11 bits per heavy atom. The standard InChI is InChI=1S/C28H14F8O/c1-37-15-9-6-13(7-10-15)20-16-4-2-3-5-17(16)21(18-11-8-14(29)12-19(18)20)22-24(30)26(32)23(28(34,35)36)27(33)25(22)31/h2-12H,1H3. The van der Waals surface area contributed by atoms with E-state index in [0.29, 0.717) is 22.3 Å². The molecule has 0 aliphatic rings. The lowest BCUT2D eigenvalue weighted by molar-refractivity contribution is -0.143. The molecule has 5 rings (SSSR count). The molecule has 5 aromatic carbocycles. The predicted molar refractivity (Wildman–Crippen MR) is 124 cm³/mol. The van der Waals surface area contributed by atoms with E-state index < -0.39 is 52.0 Å². The van der Waals surface area contributed by atoms with Gasteiger partial charge in [-0.15, -0.1) is 0 Å². The minimum Gasteiger partial charge on any atom is -0.497 e. The average Bonchev–Trinajstić information content (AvgIpc) is 2.86. The molecule has 0 aromatic heterocycles. The summed E-state index contributed by atoms with van der Waals surface area (Å²) in [6.45, 7) is 0. The lowest BCUT2D eigenvalue weighted by Gasteiger charge is -2.20. The quantitative estimate of drug-likeness (QED) is 0.132. The van der Waals surface area contributed by atoms with E-state index in [4.69, 9.17) is 4.74 Å². The Morgan fingerprint density at radius 1 is 0.568 bits per heavy atom. The van der Waals surface area contributed by atoms with Crippen molar-refractivity contribution in [3.63, 3.8) is 0 Å². The highest BCUT2D eigenvalue weighted by Crippen LogP contribution is 2.47. The molecule has 0 unspecified atom stereocenters. The third kappa shape index (κ3) is 3.85. The molecule has 0 aliphatic carbocycles. The molecule has 0 amide bonds. The number of hydrogen-bond donors (Lipinski definition) is 0. The van der Waals surface area contributed by atoms with Crippen molar-refractivity contribution in [1.29, 1.82) is 0 Å². The van der Waals surface area contributed by atoms with Gasteiger partial charge in [-0.05, 0) is 56.9 Å². The molecule has 0 aliphatic heterocycles. The van der Waals surface area contributed by atoms with Gasteiger partial charge in [0.15, 0.2) is 23.3 Å². The van der Waals surface area contributed by atoms with Crippen LogP contribution >= 0.6 is 0 Å². The zero-order valence-electron chi connectivity index (χ0n) is 18.8. The SMILES string of the molecule is COc1ccc(-c2c3ccccc3c(-c3c(F)c(F)c(C(F)(F)F)c(F)c3F)c3ccc(F)cc23)cc1. The van der Waals surface area contributed by atoms with Crippen LogP contribution in [0.4, 0.5) is 35.1 Å². The van der Waals surface area contributed by atoms with E-state index >= 15 is 8.78 Å². The third-order valence-corrected chi connectivity index (χ3v) is 6.16. The van der Waals surface area contributed by atoms with E-state index in [0.717, 1.165) is 18.2 Å². The highest BCUT2D eigenvalue weighted by molar-refractivity contribution is 6.21. The van der Waals surface area contributed by atoms with Crippen LogP contribution in [0.5, 0.6) is 5.75 Å². The third-order valence-electron chi connectivity index (χ3n) is 6.16.